The quantitative estimate of drug-likeness (QED) is 0.102. The summed E-state index contributed by atoms with van der Waals surface area (Å²) in [4.78, 5) is 50.5. The average Bonchev–Trinajstić information content (AvgIpc) is 4.08. The number of carbonyl (C=O) groups is 3. The van der Waals surface area contributed by atoms with E-state index < -0.39 is 12.1 Å². The predicted molar refractivity (Wildman–Crippen MR) is 213 cm³/mol. The van der Waals surface area contributed by atoms with Crippen molar-refractivity contribution in [2.24, 2.45) is 0 Å². The van der Waals surface area contributed by atoms with Gasteiger partial charge in [0.2, 0.25) is 18.2 Å². The third-order valence-electron chi connectivity index (χ3n) is 11.2. The van der Waals surface area contributed by atoms with E-state index in [1.54, 1.807) is 19.3 Å². The first-order valence-corrected chi connectivity index (χ1v) is 19.2. The first kappa shape index (κ1) is 36.7. The Balaban J connectivity index is 0.914. The zero-order valence-corrected chi connectivity index (χ0v) is 31.1. The van der Waals surface area contributed by atoms with Crippen LogP contribution < -0.4 is 21.3 Å². The number of amides is 3. The van der Waals surface area contributed by atoms with Crippen LogP contribution >= 0.6 is 0 Å². The van der Waals surface area contributed by atoms with Gasteiger partial charge in [-0.2, -0.15) is 0 Å². The molecule has 1 aromatic heterocycles. The molecule has 56 heavy (non-hydrogen) atoms. The van der Waals surface area contributed by atoms with Crippen molar-refractivity contribution in [1.82, 2.24) is 41.0 Å². The molecule has 8 rings (SSSR count). The Kier molecular flexibility index (Phi) is 10.6. The van der Waals surface area contributed by atoms with Crippen molar-refractivity contribution >= 4 is 23.9 Å². The molecule has 0 saturated carbocycles. The average molecular weight is 753 g/mol. The maximum Gasteiger partial charge on any atom is 0.250 e. The summed E-state index contributed by atoms with van der Waals surface area (Å²) >= 11 is 0. The molecule has 5 atom stereocenters. The van der Waals surface area contributed by atoms with E-state index in [0.29, 0.717) is 36.6 Å². The second-order valence-electron chi connectivity index (χ2n) is 14.5. The van der Waals surface area contributed by atoms with Gasteiger partial charge in [0.05, 0.1) is 29.7 Å². The molecule has 3 aliphatic heterocycles. The molecule has 5 aromatic rings. The van der Waals surface area contributed by atoms with Gasteiger partial charge >= 0.3 is 0 Å². The molecular formula is C44H45FN8O3. The summed E-state index contributed by atoms with van der Waals surface area (Å²) in [5.74, 6) is 0.137. The van der Waals surface area contributed by atoms with Crippen LogP contribution in [0.2, 0.25) is 0 Å². The number of nitrogens with one attached hydrogen (secondary N) is 5. The number of imidazole rings is 1. The van der Waals surface area contributed by atoms with Gasteiger partial charge in [0.25, 0.3) is 0 Å². The molecule has 0 spiro atoms. The SMILES string of the molecule is CN[C@@H](C(=O)N1CCC[C@H]1c1ncc(-c2ccc(-c3ccc(C4=CNC([C@@H]5CCCN5C(=O)[C@H](NC=O)c5ccccc5)N4)cc3)cc2F)[nH]1)c1ccccc1. The highest BCUT2D eigenvalue weighted by atomic mass is 19.1. The fourth-order valence-electron chi connectivity index (χ4n) is 8.36. The standard InChI is InChI=1S/C44H45FN8O3/c1-46-39(30-10-4-2-5-11-30)43(55)52-22-8-15-38(52)42-48-26-36(51-42)33-21-20-32(24-34(33)45)28-16-18-29(19-17-28)35-25-47-41(50-35)37-14-9-23-53(37)44(56)40(49-27-54)31-12-6-3-7-13-31/h2-7,10-13,16-21,24-27,37-41,46-47,50H,8-9,14-15,22-23H2,1H3,(H,48,51)(H,49,54)/t37-,38-,39+,40+,41?/m0/s1. The highest BCUT2D eigenvalue weighted by Gasteiger charge is 2.40. The Morgan fingerprint density at radius 3 is 2.16 bits per heavy atom. The summed E-state index contributed by atoms with van der Waals surface area (Å²) < 4.78 is 15.7. The normalized spacial score (nSPS) is 20.2. The fraction of sp³-hybridized carbons (Fsp3) is 0.273. The highest BCUT2D eigenvalue weighted by Crippen LogP contribution is 2.35. The topological polar surface area (TPSA) is 134 Å². The van der Waals surface area contributed by atoms with Gasteiger partial charge in [-0.05, 0) is 72.7 Å². The molecule has 4 heterocycles. The lowest BCUT2D eigenvalue weighted by Gasteiger charge is -2.33. The Morgan fingerprint density at radius 2 is 1.46 bits per heavy atom. The smallest absolute Gasteiger partial charge is 0.250 e. The van der Waals surface area contributed by atoms with Crippen molar-refractivity contribution in [1.29, 1.82) is 0 Å². The van der Waals surface area contributed by atoms with Gasteiger partial charge in [-0.25, -0.2) is 9.37 Å². The molecule has 0 aliphatic carbocycles. The van der Waals surface area contributed by atoms with Crippen molar-refractivity contribution in [2.45, 2.75) is 56.0 Å². The second kappa shape index (κ2) is 16.2. The number of benzene rings is 4. The van der Waals surface area contributed by atoms with Crippen LogP contribution in [0.1, 0.15) is 66.3 Å². The van der Waals surface area contributed by atoms with Crippen LogP contribution in [0, 0.1) is 5.82 Å². The summed E-state index contributed by atoms with van der Waals surface area (Å²) in [7, 11) is 1.79. The van der Waals surface area contributed by atoms with E-state index in [1.807, 2.05) is 107 Å². The zero-order chi connectivity index (χ0) is 38.6. The van der Waals surface area contributed by atoms with Gasteiger partial charge in [0, 0.05) is 24.9 Å². The molecule has 286 valence electrons. The third kappa shape index (κ3) is 7.27. The number of rotatable bonds is 12. The third-order valence-corrected chi connectivity index (χ3v) is 11.2. The number of halogens is 1. The molecule has 3 aliphatic rings. The number of nitrogens with zero attached hydrogens (tertiary/aromatic N) is 3. The Hall–Kier alpha value is -6.27. The predicted octanol–water partition coefficient (Wildman–Crippen LogP) is 5.80. The van der Waals surface area contributed by atoms with Crippen LogP contribution in [-0.4, -0.2) is 70.3 Å². The lowest BCUT2D eigenvalue weighted by Crippen LogP contribution is -2.53. The molecule has 0 bridgehead atoms. The lowest BCUT2D eigenvalue weighted by atomic mass is 10.0. The highest BCUT2D eigenvalue weighted by molar-refractivity contribution is 5.86. The molecule has 12 heteroatoms. The second-order valence-corrected chi connectivity index (χ2v) is 14.5. The molecule has 3 amide bonds. The summed E-state index contributed by atoms with van der Waals surface area (Å²) in [6.07, 6.45) is 7.29. The molecule has 5 N–H and O–H groups in total. The number of carbonyl (C=O) groups excluding carboxylic acids is 3. The molecule has 4 aromatic carbocycles. The van der Waals surface area contributed by atoms with Gasteiger partial charge in [-0.15, -0.1) is 0 Å². The number of aromatic nitrogens is 2. The van der Waals surface area contributed by atoms with Gasteiger partial charge in [0.1, 0.15) is 29.9 Å². The number of likely N-dealkylation sites (tertiary alicyclic amines) is 2. The van der Waals surface area contributed by atoms with E-state index in [-0.39, 0.29) is 35.9 Å². The molecule has 2 saturated heterocycles. The Bertz CT molecular complexity index is 2210. The minimum absolute atomic E-state index is 0.00821. The van der Waals surface area contributed by atoms with Crippen molar-refractivity contribution in [3.8, 4) is 22.4 Å². The van der Waals surface area contributed by atoms with E-state index in [9.17, 15) is 14.4 Å². The zero-order valence-electron chi connectivity index (χ0n) is 31.1. The van der Waals surface area contributed by atoms with Crippen LogP contribution in [0.3, 0.4) is 0 Å². The van der Waals surface area contributed by atoms with Crippen LogP contribution in [-0.2, 0) is 14.4 Å². The summed E-state index contributed by atoms with van der Waals surface area (Å²) in [5.41, 5.74) is 6.08. The first-order valence-electron chi connectivity index (χ1n) is 19.2. The first-order chi connectivity index (χ1) is 27.4. The summed E-state index contributed by atoms with van der Waals surface area (Å²) in [6, 6.07) is 30.6. The number of hydrogen-bond donors (Lipinski definition) is 5. The molecule has 0 radical (unpaired) electrons. The van der Waals surface area contributed by atoms with Crippen LogP contribution in [0.25, 0.3) is 28.1 Å². The Morgan fingerprint density at radius 1 is 0.821 bits per heavy atom. The Labute approximate surface area is 325 Å². The fourth-order valence-corrected chi connectivity index (χ4v) is 8.36. The van der Waals surface area contributed by atoms with Gasteiger partial charge in [0.15, 0.2) is 0 Å². The monoisotopic (exact) mass is 752 g/mol. The minimum Gasteiger partial charge on any atom is -0.368 e. The minimum atomic E-state index is -0.747. The van der Waals surface area contributed by atoms with E-state index in [0.717, 1.165) is 59.2 Å². The van der Waals surface area contributed by atoms with E-state index in [4.69, 9.17) is 0 Å². The molecule has 2 fully saturated rings. The largest absolute Gasteiger partial charge is 0.368 e. The lowest BCUT2D eigenvalue weighted by molar-refractivity contribution is -0.136. The van der Waals surface area contributed by atoms with Crippen molar-refractivity contribution in [3.05, 3.63) is 144 Å². The maximum absolute atomic E-state index is 15.7. The van der Waals surface area contributed by atoms with E-state index in [1.165, 1.54) is 6.07 Å². The number of hydrogen-bond acceptors (Lipinski definition) is 7. The number of H-pyrrole nitrogens is 1. The summed E-state index contributed by atoms with van der Waals surface area (Å²) in [5, 5.41) is 12.9. The van der Waals surface area contributed by atoms with Crippen molar-refractivity contribution in [3.63, 3.8) is 0 Å². The van der Waals surface area contributed by atoms with Crippen LogP contribution in [0.5, 0.6) is 0 Å². The van der Waals surface area contributed by atoms with Gasteiger partial charge in [-0.1, -0.05) is 91.0 Å². The van der Waals surface area contributed by atoms with Crippen LogP contribution in [0.15, 0.2) is 116 Å². The summed E-state index contributed by atoms with van der Waals surface area (Å²) in [6.45, 7) is 1.24. The van der Waals surface area contributed by atoms with E-state index >= 15 is 4.39 Å². The van der Waals surface area contributed by atoms with Crippen molar-refractivity contribution < 1.29 is 18.8 Å². The van der Waals surface area contributed by atoms with Gasteiger partial charge < -0.3 is 36.1 Å². The number of likely N-dealkylation sites (N-methyl/N-ethyl adjacent to an activating group) is 1. The van der Waals surface area contributed by atoms with Gasteiger partial charge in [-0.3, -0.25) is 14.4 Å². The molecule has 11 nitrogen and oxygen atoms in total. The maximum atomic E-state index is 15.7. The van der Waals surface area contributed by atoms with Crippen LogP contribution in [0.4, 0.5) is 4.39 Å². The molecular weight excluding hydrogens is 708 g/mol. The van der Waals surface area contributed by atoms with Crippen molar-refractivity contribution in [2.75, 3.05) is 20.1 Å². The number of aromatic amines is 1. The molecule has 1 unspecified atom stereocenters. The van der Waals surface area contributed by atoms with E-state index in [2.05, 4.69) is 31.2 Å².